The van der Waals surface area contributed by atoms with Gasteiger partial charge in [0.2, 0.25) is 5.91 Å². The Kier molecular flexibility index (Phi) is 6.13. The molecule has 0 radical (unpaired) electrons. The van der Waals surface area contributed by atoms with Crippen LogP contribution in [0.15, 0.2) is 36.4 Å². The van der Waals surface area contributed by atoms with Crippen LogP contribution in [0.25, 0.3) is 0 Å². The Balaban J connectivity index is 1.60. The number of methoxy groups -OCH3 is 3. The molecule has 2 aromatic carbocycles. The molecule has 1 saturated carbocycles. The van der Waals surface area contributed by atoms with E-state index in [0.717, 1.165) is 49.6 Å². The average molecular weight is 411 g/mol. The van der Waals surface area contributed by atoms with E-state index in [4.69, 9.17) is 14.2 Å². The maximum atomic E-state index is 12.3. The van der Waals surface area contributed by atoms with Gasteiger partial charge in [-0.05, 0) is 60.2 Å². The lowest BCUT2D eigenvalue weighted by atomic mass is 9.91. The third-order valence-electron chi connectivity index (χ3n) is 6.08. The normalized spacial score (nSPS) is 18.4. The number of hydrogen-bond acceptors (Lipinski definition) is 5. The third-order valence-corrected chi connectivity index (χ3v) is 6.08. The zero-order chi connectivity index (χ0) is 21.1. The number of rotatable bonds is 8. The highest BCUT2D eigenvalue weighted by molar-refractivity contribution is 5.80. The molecule has 0 saturated heterocycles. The van der Waals surface area contributed by atoms with E-state index in [2.05, 4.69) is 34.5 Å². The lowest BCUT2D eigenvalue weighted by molar-refractivity contribution is -0.122. The molecule has 0 unspecified atom stereocenters. The first-order valence-corrected chi connectivity index (χ1v) is 10.5. The molecule has 0 bridgehead atoms. The maximum Gasteiger partial charge on any atom is 0.223 e. The van der Waals surface area contributed by atoms with Gasteiger partial charge < -0.3 is 19.5 Å². The van der Waals surface area contributed by atoms with Crippen molar-refractivity contribution < 1.29 is 19.0 Å². The number of carbonyl (C=O) groups excluding carboxylic acids is 1. The Bertz CT molecular complexity index is 893. The number of hydrogen-bond donors (Lipinski definition) is 1. The quantitative estimate of drug-likeness (QED) is 0.723. The van der Waals surface area contributed by atoms with Crippen molar-refractivity contribution in [2.75, 3.05) is 34.4 Å². The summed E-state index contributed by atoms with van der Waals surface area (Å²) in [6, 6.07) is 12.4. The number of nitrogens with zero attached hydrogens (tertiary/aromatic N) is 1. The summed E-state index contributed by atoms with van der Waals surface area (Å²) in [5, 5.41) is 3.18. The van der Waals surface area contributed by atoms with Gasteiger partial charge in [0.25, 0.3) is 0 Å². The highest BCUT2D eigenvalue weighted by Crippen LogP contribution is 2.38. The third kappa shape index (κ3) is 4.38. The van der Waals surface area contributed by atoms with Crippen LogP contribution in [0.4, 0.5) is 0 Å². The largest absolute Gasteiger partial charge is 0.497 e. The summed E-state index contributed by atoms with van der Waals surface area (Å²) < 4.78 is 16.3. The smallest absolute Gasteiger partial charge is 0.223 e. The van der Waals surface area contributed by atoms with Crippen LogP contribution in [0.5, 0.6) is 17.2 Å². The van der Waals surface area contributed by atoms with E-state index >= 15 is 0 Å². The second kappa shape index (κ2) is 8.96. The lowest BCUT2D eigenvalue weighted by Gasteiger charge is -2.38. The fourth-order valence-corrected chi connectivity index (χ4v) is 4.16. The van der Waals surface area contributed by atoms with Gasteiger partial charge in [0.1, 0.15) is 5.75 Å². The summed E-state index contributed by atoms with van der Waals surface area (Å²) >= 11 is 0. The van der Waals surface area contributed by atoms with E-state index in [1.165, 1.54) is 16.7 Å². The summed E-state index contributed by atoms with van der Waals surface area (Å²) in [5.74, 6) is 2.70. The Morgan fingerprint density at radius 1 is 1.03 bits per heavy atom. The molecule has 6 nitrogen and oxygen atoms in total. The minimum absolute atomic E-state index is 0.0818. The SMILES string of the molecule is COc1ccc(CN2CCc3cc(OC)c(OC)cc3[C@@H]2CNC(=O)C2CC2)cc1. The average Bonchev–Trinajstić information content (AvgIpc) is 3.63. The number of amides is 1. The van der Waals surface area contributed by atoms with Crippen LogP contribution in [-0.4, -0.2) is 45.2 Å². The summed E-state index contributed by atoms with van der Waals surface area (Å²) in [5.41, 5.74) is 3.67. The number of ether oxygens (including phenoxy) is 3. The molecule has 6 heteroatoms. The maximum absolute atomic E-state index is 12.3. The van der Waals surface area contributed by atoms with Crippen LogP contribution in [0.3, 0.4) is 0 Å². The highest BCUT2D eigenvalue weighted by Gasteiger charge is 2.33. The lowest BCUT2D eigenvalue weighted by Crippen LogP contribution is -2.42. The molecule has 1 fully saturated rings. The Labute approximate surface area is 178 Å². The molecule has 0 aromatic heterocycles. The van der Waals surface area contributed by atoms with Gasteiger partial charge in [-0.15, -0.1) is 0 Å². The van der Waals surface area contributed by atoms with Crippen LogP contribution >= 0.6 is 0 Å². The fourth-order valence-electron chi connectivity index (χ4n) is 4.16. The second-order valence-electron chi connectivity index (χ2n) is 8.01. The van der Waals surface area contributed by atoms with Crippen LogP contribution < -0.4 is 19.5 Å². The van der Waals surface area contributed by atoms with Crippen LogP contribution in [0, 0.1) is 5.92 Å². The zero-order valence-corrected chi connectivity index (χ0v) is 17.9. The second-order valence-corrected chi connectivity index (χ2v) is 8.01. The summed E-state index contributed by atoms with van der Waals surface area (Å²) in [4.78, 5) is 14.8. The van der Waals surface area contributed by atoms with Gasteiger partial charge >= 0.3 is 0 Å². The first kappa shape index (κ1) is 20.5. The predicted molar refractivity (Wildman–Crippen MR) is 115 cm³/mol. The van der Waals surface area contributed by atoms with Crippen LogP contribution in [-0.2, 0) is 17.8 Å². The van der Waals surface area contributed by atoms with Gasteiger partial charge in [-0.2, -0.15) is 0 Å². The molecule has 1 aliphatic carbocycles. The van der Waals surface area contributed by atoms with Gasteiger partial charge in [0, 0.05) is 25.6 Å². The molecule has 160 valence electrons. The number of nitrogens with one attached hydrogen (secondary N) is 1. The molecule has 30 heavy (non-hydrogen) atoms. The summed E-state index contributed by atoms with van der Waals surface area (Å²) in [7, 11) is 5.00. The van der Waals surface area contributed by atoms with Gasteiger partial charge in [0.05, 0.1) is 27.4 Å². The first-order valence-electron chi connectivity index (χ1n) is 10.5. The van der Waals surface area contributed by atoms with Crippen molar-refractivity contribution in [1.82, 2.24) is 10.2 Å². The molecule has 1 heterocycles. The highest BCUT2D eigenvalue weighted by atomic mass is 16.5. The Morgan fingerprint density at radius 2 is 1.73 bits per heavy atom. The van der Waals surface area contributed by atoms with E-state index in [0.29, 0.717) is 6.54 Å². The monoisotopic (exact) mass is 410 g/mol. The molecular formula is C24H30N2O4. The molecule has 0 spiro atoms. The van der Waals surface area contributed by atoms with Crippen molar-refractivity contribution in [2.24, 2.45) is 5.92 Å². The molecule has 2 aromatic rings. The summed E-state index contributed by atoms with van der Waals surface area (Å²) in [6.07, 6.45) is 2.94. The number of benzene rings is 2. The standard InChI is InChI=1S/C24H30N2O4/c1-28-19-8-4-16(5-9-19)15-26-11-10-18-12-22(29-2)23(30-3)13-20(18)21(26)14-25-24(27)17-6-7-17/h4-5,8-9,12-13,17,21H,6-7,10-11,14-15H2,1-3H3,(H,25,27)/t21-/m0/s1. The van der Waals surface area contributed by atoms with Gasteiger partial charge in [0.15, 0.2) is 11.5 Å². The Hall–Kier alpha value is -2.73. The molecule has 1 atom stereocenters. The van der Waals surface area contributed by atoms with Gasteiger partial charge in [-0.25, -0.2) is 0 Å². The number of fused-ring (bicyclic) bond motifs is 1. The van der Waals surface area contributed by atoms with Crippen molar-refractivity contribution in [3.8, 4) is 17.2 Å². The molecule has 1 N–H and O–H groups in total. The van der Waals surface area contributed by atoms with Crippen molar-refractivity contribution in [3.05, 3.63) is 53.1 Å². The molecule has 1 amide bonds. The van der Waals surface area contributed by atoms with E-state index < -0.39 is 0 Å². The first-order chi connectivity index (χ1) is 14.6. The van der Waals surface area contributed by atoms with Gasteiger partial charge in [-0.1, -0.05) is 12.1 Å². The minimum atomic E-state index is 0.0818. The van der Waals surface area contributed by atoms with E-state index in [9.17, 15) is 4.79 Å². The minimum Gasteiger partial charge on any atom is -0.497 e. The van der Waals surface area contributed by atoms with E-state index in [-0.39, 0.29) is 17.9 Å². The summed E-state index contributed by atoms with van der Waals surface area (Å²) in [6.45, 7) is 2.31. The molecule has 1 aliphatic heterocycles. The van der Waals surface area contributed by atoms with E-state index in [1.807, 2.05) is 12.1 Å². The van der Waals surface area contributed by atoms with E-state index in [1.54, 1.807) is 21.3 Å². The number of carbonyl (C=O) groups is 1. The van der Waals surface area contributed by atoms with Crippen molar-refractivity contribution in [2.45, 2.75) is 31.8 Å². The fraction of sp³-hybridized carbons (Fsp3) is 0.458. The van der Waals surface area contributed by atoms with Crippen molar-refractivity contribution >= 4 is 5.91 Å². The van der Waals surface area contributed by atoms with Gasteiger partial charge in [-0.3, -0.25) is 9.69 Å². The van der Waals surface area contributed by atoms with Crippen LogP contribution in [0.1, 0.15) is 35.6 Å². The zero-order valence-electron chi connectivity index (χ0n) is 17.9. The van der Waals surface area contributed by atoms with Crippen molar-refractivity contribution in [3.63, 3.8) is 0 Å². The Morgan fingerprint density at radius 3 is 2.37 bits per heavy atom. The molecular weight excluding hydrogens is 380 g/mol. The predicted octanol–water partition coefficient (Wildman–Crippen LogP) is 3.34. The van der Waals surface area contributed by atoms with Crippen LogP contribution in [0.2, 0.25) is 0 Å². The topological polar surface area (TPSA) is 60.0 Å². The molecule has 4 rings (SSSR count). The van der Waals surface area contributed by atoms with Crippen molar-refractivity contribution in [1.29, 1.82) is 0 Å². The molecule has 2 aliphatic rings.